The second kappa shape index (κ2) is 8.26. The van der Waals surface area contributed by atoms with Crippen molar-refractivity contribution >= 4 is 33.4 Å². The van der Waals surface area contributed by atoms with Crippen LogP contribution in [0, 0.1) is 5.82 Å². The summed E-state index contributed by atoms with van der Waals surface area (Å²) in [4.78, 5) is 23.7. The minimum absolute atomic E-state index is 0.0972. The summed E-state index contributed by atoms with van der Waals surface area (Å²) in [6, 6.07) is 9.04. The van der Waals surface area contributed by atoms with Gasteiger partial charge >= 0.3 is 0 Å². The van der Waals surface area contributed by atoms with E-state index in [1.807, 2.05) is 0 Å². The van der Waals surface area contributed by atoms with Crippen molar-refractivity contribution in [1.82, 2.24) is 15.6 Å². The fourth-order valence-corrected chi connectivity index (χ4v) is 3.39. The molecule has 0 radical (unpaired) electrons. The minimum Gasteiger partial charge on any atom is -0.271 e. The summed E-state index contributed by atoms with van der Waals surface area (Å²) >= 11 is 5.76. The van der Waals surface area contributed by atoms with E-state index in [-0.39, 0.29) is 15.5 Å². The first-order valence-electron chi connectivity index (χ1n) is 7.33. The number of sulfonamides is 1. The lowest BCUT2D eigenvalue weighted by atomic mass is 10.2. The standard InChI is InChI=1S/C16H15ClFN3O4S/c1-10(21-26(24,25)14-4-2-3-12(17)9-14)15(22)19-20-16(23)11-5-7-13(18)8-6-11/h2-10,21H,1H3,(H,19,22)(H,20,23)/t10-/m0/s1. The van der Waals surface area contributed by atoms with Crippen LogP contribution in [-0.2, 0) is 14.8 Å². The quantitative estimate of drug-likeness (QED) is 0.664. The van der Waals surface area contributed by atoms with E-state index in [1.165, 1.54) is 43.3 Å². The topological polar surface area (TPSA) is 104 Å². The second-order valence-electron chi connectivity index (χ2n) is 5.25. The Morgan fingerprint density at radius 3 is 2.35 bits per heavy atom. The van der Waals surface area contributed by atoms with Crippen LogP contribution in [0.2, 0.25) is 5.02 Å². The summed E-state index contributed by atoms with van der Waals surface area (Å²) in [5, 5.41) is 0.233. The summed E-state index contributed by atoms with van der Waals surface area (Å²) < 4.78 is 39.4. The molecule has 7 nitrogen and oxygen atoms in total. The molecule has 0 saturated heterocycles. The third-order valence-corrected chi connectivity index (χ3v) is 5.01. The van der Waals surface area contributed by atoms with Crippen molar-refractivity contribution in [3.8, 4) is 0 Å². The number of halogens is 2. The number of carbonyl (C=O) groups is 2. The van der Waals surface area contributed by atoms with Crippen molar-refractivity contribution in [3.05, 3.63) is 64.9 Å². The van der Waals surface area contributed by atoms with Crippen LogP contribution in [0.5, 0.6) is 0 Å². The van der Waals surface area contributed by atoms with E-state index in [4.69, 9.17) is 11.6 Å². The molecule has 0 aliphatic heterocycles. The van der Waals surface area contributed by atoms with Crippen molar-refractivity contribution < 1.29 is 22.4 Å². The van der Waals surface area contributed by atoms with Gasteiger partial charge in [0.05, 0.1) is 10.9 Å². The molecule has 0 saturated carbocycles. The molecule has 26 heavy (non-hydrogen) atoms. The molecule has 0 fully saturated rings. The van der Waals surface area contributed by atoms with Crippen LogP contribution in [0.1, 0.15) is 17.3 Å². The highest BCUT2D eigenvalue weighted by Gasteiger charge is 2.22. The van der Waals surface area contributed by atoms with Gasteiger partial charge in [0, 0.05) is 10.6 Å². The van der Waals surface area contributed by atoms with E-state index < -0.39 is 33.7 Å². The molecule has 2 rings (SSSR count). The molecule has 0 aliphatic rings. The van der Waals surface area contributed by atoms with Gasteiger partial charge in [-0.2, -0.15) is 4.72 Å². The number of hydrazine groups is 1. The van der Waals surface area contributed by atoms with Gasteiger partial charge in [0.25, 0.3) is 11.8 Å². The Morgan fingerprint density at radius 1 is 1.08 bits per heavy atom. The molecule has 0 aliphatic carbocycles. The number of carbonyl (C=O) groups excluding carboxylic acids is 2. The Labute approximate surface area is 154 Å². The Kier molecular flexibility index (Phi) is 6.30. The number of hydrogen-bond donors (Lipinski definition) is 3. The number of rotatable bonds is 5. The first-order chi connectivity index (χ1) is 12.2. The van der Waals surface area contributed by atoms with Crippen LogP contribution in [-0.4, -0.2) is 26.3 Å². The Hall–Kier alpha value is -2.49. The predicted molar refractivity (Wildman–Crippen MR) is 93.2 cm³/mol. The highest BCUT2D eigenvalue weighted by atomic mass is 35.5. The van der Waals surface area contributed by atoms with Gasteiger partial charge < -0.3 is 0 Å². The summed E-state index contributed by atoms with van der Waals surface area (Å²) in [6.45, 7) is 1.31. The Morgan fingerprint density at radius 2 is 1.73 bits per heavy atom. The van der Waals surface area contributed by atoms with Crippen molar-refractivity contribution in [1.29, 1.82) is 0 Å². The highest BCUT2D eigenvalue weighted by Crippen LogP contribution is 2.15. The van der Waals surface area contributed by atoms with Crippen molar-refractivity contribution in [2.45, 2.75) is 17.9 Å². The van der Waals surface area contributed by atoms with E-state index in [0.29, 0.717) is 0 Å². The van der Waals surface area contributed by atoms with Crippen LogP contribution in [0.4, 0.5) is 4.39 Å². The van der Waals surface area contributed by atoms with Gasteiger partial charge in [0.1, 0.15) is 5.82 Å². The molecule has 0 unspecified atom stereocenters. The van der Waals surface area contributed by atoms with E-state index in [2.05, 4.69) is 15.6 Å². The molecule has 2 aromatic carbocycles. The lowest BCUT2D eigenvalue weighted by molar-refractivity contribution is -0.123. The van der Waals surface area contributed by atoms with Crippen molar-refractivity contribution in [2.75, 3.05) is 0 Å². The van der Waals surface area contributed by atoms with Crippen LogP contribution >= 0.6 is 11.6 Å². The lowest BCUT2D eigenvalue weighted by Crippen LogP contribution is -2.51. The van der Waals surface area contributed by atoms with Gasteiger partial charge in [-0.05, 0) is 49.4 Å². The van der Waals surface area contributed by atoms with Gasteiger partial charge in [-0.25, -0.2) is 12.8 Å². The molecule has 2 aromatic rings. The van der Waals surface area contributed by atoms with Crippen LogP contribution in [0.3, 0.4) is 0 Å². The molecule has 3 N–H and O–H groups in total. The van der Waals surface area contributed by atoms with E-state index in [0.717, 1.165) is 12.1 Å². The van der Waals surface area contributed by atoms with Gasteiger partial charge in [-0.3, -0.25) is 20.4 Å². The maximum Gasteiger partial charge on any atom is 0.269 e. The zero-order chi connectivity index (χ0) is 19.3. The van der Waals surface area contributed by atoms with Gasteiger partial charge in [-0.15, -0.1) is 0 Å². The largest absolute Gasteiger partial charge is 0.271 e. The molecule has 10 heteroatoms. The molecule has 2 amide bonds. The maximum absolute atomic E-state index is 12.8. The van der Waals surface area contributed by atoms with Gasteiger partial charge in [0.15, 0.2) is 0 Å². The van der Waals surface area contributed by atoms with E-state index >= 15 is 0 Å². The smallest absolute Gasteiger partial charge is 0.269 e. The molecule has 0 spiro atoms. The number of benzene rings is 2. The summed E-state index contributed by atoms with van der Waals surface area (Å²) in [5.41, 5.74) is 4.34. The average Bonchev–Trinajstić information content (AvgIpc) is 2.59. The van der Waals surface area contributed by atoms with Crippen molar-refractivity contribution in [3.63, 3.8) is 0 Å². The molecule has 138 valence electrons. The first kappa shape index (κ1) is 19.8. The van der Waals surface area contributed by atoms with Gasteiger partial charge in [-0.1, -0.05) is 17.7 Å². The molecular weight excluding hydrogens is 385 g/mol. The zero-order valence-corrected chi connectivity index (χ0v) is 15.1. The van der Waals surface area contributed by atoms with Crippen molar-refractivity contribution in [2.24, 2.45) is 0 Å². The highest BCUT2D eigenvalue weighted by molar-refractivity contribution is 7.89. The lowest BCUT2D eigenvalue weighted by Gasteiger charge is -2.15. The van der Waals surface area contributed by atoms with Crippen LogP contribution in [0.25, 0.3) is 0 Å². The zero-order valence-electron chi connectivity index (χ0n) is 13.5. The Balaban J connectivity index is 1.95. The number of hydrogen-bond acceptors (Lipinski definition) is 4. The Bertz CT molecular complexity index is 919. The predicted octanol–water partition coefficient (Wildman–Crippen LogP) is 1.61. The van der Waals surface area contributed by atoms with E-state index in [9.17, 15) is 22.4 Å². The monoisotopic (exact) mass is 399 g/mol. The fraction of sp³-hybridized carbons (Fsp3) is 0.125. The fourth-order valence-electron chi connectivity index (χ4n) is 1.89. The molecule has 0 heterocycles. The molecule has 0 aromatic heterocycles. The van der Waals surface area contributed by atoms with Gasteiger partial charge in [0.2, 0.25) is 10.0 Å². The second-order valence-corrected chi connectivity index (χ2v) is 7.40. The normalized spacial score (nSPS) is 12.3. The summed E-state index contributed by atoms with van der Waals surface area (Å²) in [5.74, 6) is -1.97. The molecule has 1 atom stereocenters. The summed E-state index contributed by atoms with van der Waals surface area (Å²) in [6.07, 6.45) is 0. The van der Waals surface area contributed by atoms with Crippen LogP contribution < -0.4 is 15.6 Å². The van der Waals surface area contributed by atoms with E-state index in [1.54, 1.807) is 0 Å². The number of amides is 2. The first-order valence-corrected chi connectivity index (χ1v) is 9.19. The minimum atomic E-state index is -3.97. The van der Waals surface area contributed by atoms with Crippen LogP contribution in [0.15, 0.2) is 53.4 Å². The molecule has 0 bridgehead atoms. The molecular formula is C16H15ClFN3O4S. The number of nitrogens with one attached hydrogen (secondary N) is 3. The maximum atomic E-state index is 12.8. The third kappa shape index (κ3) is 5.25. The summed E-state index contributed by atoms with van der Waals surface area (Å²) in [7, 11) is -3.97. The third-order valence-electron chi connectivity index (χ3n) is 3.24. The average molecular weight is 400 g/mol. The SMILES string of the molecule is C[C@H](NS(=O)(=O)c1cccc(Cl)c1)C(=O)NNC(=O)c1ccc(F)cc1.